The minimum atomic E-state index is -4.21. The average molecular weight is 621 g/mol. The Labute approximate surface area is 252 Å². The molecule has 3 aromatic carbocycles. The molecule has 0 spiro atoms. The molecule has 0 saturated carbocycles. The van der Waals surface area contributed by atoms with Crippen molar-refractivity contribution >= 4 is 50.7 Å². The van der Waals surface area contributed by atoms with Gasteiger partial charge >= 0.3 is 0 Å². The van der Waals surface area contributed by atoms with Crippen LogP contribution in [0.25, 0.3) is 0 Å². The molecular weight excluding hydrogens is 585 g/mol. The van der Waals surface area contributed by atoms with Gasteiger partial charge in [-0.25, -0.2) is 8.42 Å². The van der Waals surface area contributed by atoms with E-state index in [2.05, 4.69) is 5.32 Å². The highest BCUT2D eigenvalue weighted by atomic mass is 35.5. The Kier molecular flexibility index (Phi) is 11.5. The topological polar surface area (TPSA) is 96.0 Å². The van der Waals surface area contributed by atoms with E-state index in [1.165, 1.54) is 42.3 Å². The molecule has 1 atom stereocenters. The van der Waals surface area contributed by atoms with Crippen LogP contribution in [0.15, 0.2) is 77.7 Å². The standard InChI is InChI=1S/C30H35Cl2N3O5S/c1-5-27(30(37)33-18-21(2)3)34(19-22-11-9-10-14-25(22)31)29(36)20-35(23-15-16-28(40-4)26(32)17-23)41(38,39)24-12-7-6-8-13-24/h6-17,21,27H,5,18-20H2,1-4H3,(H,33,37). The van der Waals surface area contributed by atoms with Crippen molar-refractivity contribution in [2.75, 3.05) is 24.5 Å². The van der Waals surface area contributed by atoms with E-state index >= 15 is 0 Å². The first-order valence-corrected chi connectivity index (χ1v) is 15.4. The molecule has 0 aliphatic heterocycles. The molecule has 3 rings (SSSR count). The zero-order valence-electron chi connectivity index (χ0n) is 23.5. The van der Waals surface area contributed by atoms with Crippen molar-refractivity contribution in [2.45, 2.75) is 44.7 Å². The highest BCUT2D eigenvalue weighted by Crippen LogP contribution is 2.32. The molecule has 0 aliphatic rings. The average Bonchev–Trinajstić information content (AvgIpc) is 2.95. The van der Waals surface area contributed by atoms with Gasteiger partial charge < -0.3 is 15.0 Å². The number of hydrogen-bond donors (Lipinski definition) is 1. The fourth-order valence-corrected chi connectivity index (χ4v) is 6.09. The van der Waals surface area contributed by atoms with E-state index in [0.717, 1.165) is 4.31 Å². The summed E-state index contributed by atoms with van der Waals surface area (Å²) in [4.78, 5) is 28.8. The number of carbonyl (C=O) groups is 2. The molecule has 0 bridgehead atoms. The number of rotatable bonds is 13. The second-order valence-electron chi connectivity index (χ2n) is 9.82. The van der Waals surface area contributed by atoms with Crippen molar-refractivity contribution in [3.05, 3.63) is 88.4 Å². The third-order valence-corrected chi connectivity index (χ3v) is 8.85. The van der Waals surface area contributed by atoms with E-state index in [9.17, 15) is 18.0 Å². The van der Waals surface area contributed by atoms with Crippen molar-refractivity contribution in [2.24, 2.45) is 5.92 Å². The molecule has 0 fully saturated rings. The third kappa shape index (κ3) is 8.15. The first-order valence-electron chi connectivity index (χ1n) is 13.2. The number of nitrogens with zero attached hydrogens (tertiary/aromatic N) is 2. The molecule has 0 aromatic heterocycles. The third-order valence-electron chi connectivity index (χ3n) is 6.40. The zero-order valence-corrected chi connectivity index (χ0v) is 25.8. The van der Waals surface area contributed by atoms with Gasteiger partial charge in [-0.05, 0) is 54.3 Å². The number of sulfonamides is 1. The lowest BCUT2D eigenvalue weighted by Gasteiger charge is -2.33. The quantitative estimate of drug-likeness (QED) is 0.262. The first-order chi connectivity index (χ1) is 19.5. The van der Waals surface area contributed by atoms with Gasteiger partial charge in [-0.15, -0.1) is 0 Å². The summed E-state index contributed by atoms with van der Waals surface area (Å²) in [5.74, 6) is -0.350. The first kappa shape index (κ1) is 32.2. The molecule has 220 valence electrons. The number of hydrogen-bond acceptors (Lipinski definition) is 5. The van der Waals surface area contributed by atoms with Crippen LogP contribution >= 0.6 is 23.2 Å². The lowest BCUT2D eigenvalue weighted by Crippen LogP contribution is -2.52. The molecule has 41 heavy (non-hydrogen) atoms. The van der Waals surface area contributed by atoms with Crippen LogP contribution in [0.1, 0.15) is 32.8 Å². The molecular formula is C30H35Cl2N3O5S. The number of carbonyl (C=O) groups excluding carboxylic acids is 2. The number of methoxy groups -OCH3 is 1. The van der Waals surface area contributed by atoms with Gasteiger partial charge in [-0.2, -0.15) is 0 Å². The lowest BCUT2D eigenvalue weighted by molar-refractivity contribution is -0.140. The van der Waals surface area contributed by atoms with Crippen LogP contribution < -0.4 is 14.4 Å². The molecule has 3 aromatic rings. The highest BCUT2D eigenvalue weighted by molar-refractivity contribution is 7.92. The van der Waals surface area contributed by atoms with Crippen LogP contribution in [0.4, 0.5) is 5.69 Å². The SMILES string of the molecule is CCC(C(=O)NCC(C)C)N(Cc1ccccc1Cl)C(=O)CN(c1ccc(OC)c(Cl)c1)S(=O)(=O)c1ccccc1. The smallest absolute Gasteiger partial charge is 0.264 e. The van der Waals surface area contributed by atoms with Gasteiger partial charge in [0, 0.05) is 18.1 Å². The summed E-state index contributed by atoms with van der Waals surface area (Å²) in [6.07, 6.45) is 0.305. The van der Waals surface area contributed by atoms with E-state index in [1.54, 1.807) is 49.4 Å². The summed E-state index contributed by atoms with van der Waals surface area (Å²) in [5, 5.41) is 3.51. The summed E-state index contributed by atoms with van der Waals surface area (Å²) >= 11 is 12.8. The van der Waals surface area contributed by atoms with Crippen molar-refractivity contribution in [1.29, 1.82) is 0 Å². The predicted octanol–water partition coefficient (Wildman–Crippen LogP) is 5.78. The van der Waals surface area contributed by atoms with Crippen molar-refractivity contribution < 1.29 is 22.7 Å². The molecule has 1 N–H and O–H groups in total. The van der Waals surface area contributed by atoms with E-state index in [-0.39, 0.29) is 34.0 Å². The monoisotopic (exact) mass is 619 g/mol. The minimum Gasteiger partial charge on any atom is -0.495 e. The molecule has 2 amide bonds. The summed E-state index contributed by atoms with van der Waals surface area (Å²) in [7, 11) is -2.77. The molecule has 1 unspecified atom stereocenters. The van der Waals surface area contributed by atoms with Crippen molar-refractivity contribution in [3.63, 3.8) is 0 Å². The lowest BCUT2D eigenvalue weighted by atomic mass is 10.1. The van der Waals surface area contributed by atoms with E-state index < -0.39 is 28.5 Å². The van der Waals surface area contributed by atoms with Crippen LogP contribution in [-0.2, 0) is 26.2 Å². The maximum absolute atomic E-state index is 14.1. The minimum absolute atomic E-state index is 0.000822. The maximum atomic E-state index is 14.1. The second-order valence-corrected chi connectivity index (χ2v) is 12.5. The Morgan fingerprint density at radius 2 is 1.61 bits per heavy atom. The molecule has 0 aliphatic carbocycles. The number of amides is 2. The number of nitrogens with one attached hydrogen (secondary N) is 1. The molecule has 8 nitrogen and oxygen atoms in total. The Bertz CT molecular complexity index is 1450. The second kappa shape index (κ2) is 14.6. The fraction of sp³-hybridized carbons (Fsp3) is 0.333. The van der Waals surface area contributed by atoms with Crippen LogP contribution in [-0.4, -0.2) is 51.4 Å². The Hall–Kier alpha value is -3.27. The Morgan fingerprint density at radius 1 is 0.951 bits per heavy atom. The normalized spacial score (nSPS) is 12.1. The summed E-state index contributed by atoms with van der Waals surface area (Å²) in [6, 6.07) is 18.4. The highest BCUT2D eigenvalue weighted by Gasteiger charge is 2.34. The molecule has 0 radical (unpaired) electrons. The van der Waals surface area contributed by atoms with Crippen LogP contribution in [0, 0.1) is 5.92 Å². The van der Waals surface area contributed by atoms with Gasteiger partial charge in [-0.1, -0.05) is 80.4 Å². The van der Waals surface area contributed by atoms with Crippen LogP contribution in [0.2, 0.25) is 10.0 Å². The van der Waals surface area contributed by atoms with Gasteiger partial charge in [-0.3, -0.25) is 13.9 Å². The molecule has 0 saturated heterocycles. The summed E-state index contributed by atoms with van der Waals surface area (Å²) < 4.78 is 34.0. The molecule has 11 heteroatoms. The number of ether oxygens (including phenoxy) is 1. The number of halogens is 2. The van der Waals surface area contributed by atoms with Gasteiger partial charge in [0.2, 0.25) is 11.8 Å². The summed E-state index contributed by atoms with van der Waals surface area (Å²) in [5.41, 5.74) is 0.797. The summed E-state index contributed by atoms with van der Waals surface area (Å²) in [6.45, 7) is 5.60. The maximum Gasteiger partial charge on any atom is 0.264 e. The van der Waals surface area contributed by atoms with E-state index in [1.807, 2.05) is 13.8 Å². The van der Waals surface area contributed by atoms with Gasteiger partial charge in [0.25, 0.3) is 10.0 Å². The van der Waals surface area contributed by atoms with Crippen molar-refractivity contribution in [1.82, 2.24) is 10.2 Å². The Morgan fingerprint density at radius 3 is 2.20 bits per heavy atom. The van der Waals surface area contributed by atoms with Gasteiger partial charge in [0.1, 0.15) is 18.3 Å². The van der Waals surface area contributed by atoms with Crippen LogP contribution in [0.5, 0.6) is 5.75 Å². The van der Waals surface area contributed by atoms with Crippen molar-refractivity contribution in [3.8, 4) is 5.75 Å². The number of benzene rings is 3. The van der Waals surface area contributed by atoms with Gasteiger partial charge in [0.05, 0.1) is 22.7 Å². The zero-order chi connectivity index (χ0) is 30.2. The van der Waals surface area contributed by atoms with E-state index in [0.29, 0.717) is 29.3 Å². The molecule has 0 heterocycles. The van der Waals surface area contributed by atoms with Crippen LogP contribution in [0.3, 0.4) is 0 Å². The number of anilines is 1. The predicted molar refractivity (Wildman–Crippen MR) is 163 cm³/mol. The Balaban J connectivity index is 2.08. The fourth-order valence-electron chi connectivity index (χ4n) is 4.21. The van der Waals surface area contributed by atoms with Gasteiger partial charge in [0.15, 0.2) is 0 Å². The largest absolute Gasteiger partial charge is 0.495 e. The van der Waals surface area contributed by atoms with E-state index in [4.69, 9.17) is 27.9 Å².